The van der Waals surface area contributed by atoms with Crippen LogP contribution in [-0.2, 0) is 6.54 Å². The zero-order valence-electron chi connectivity index (χ0n) is 10.7. The number of rotatable bonds is 4. The van der Waals surface area contributed by atoms with E-state index in [0.29, 0.717) is 18.1 Å². The van der Waals surface area contributed by atoms with Crippen molar-refractivity contribution in [2.45, 2.75) is 13.5 Å². The second kappa shape index (κ2) is 4.55. The van der Waals surface area contributed by atoms with Crippen LogP contribution in [0.3, 0.4) is 0 Å². The molecule has 0 unspecified atom stereocenters. The number of hydrogen-bond donors (Lipinski definition) is 0. The summed E-state index contributed by atoms with van der Waals surface area (Å²) in [6.07, 6.45) is 4.38. The van der Waals surface area contributed by atoms with E-state index in [1.165, 1.54) is 11.3 Å². The van der Waals surface area contributed by atoms with E-state index in [2.05, 4.69) is 4.98 Å². The van der Waals surface area contributed by atoms with Gasteiger partial charge in [-0.1, -0.05) is 0 Å². The molecule has 0 bridgehead atoms. The molecular weight excluding hydrogens is 262 g/mol. The maximum absolute atomic E-state index is 11.3. The fourth-order valence-corrected chi connectivity index (χ4v) is 2.80. The third kappa shape index (κ3) is 1.94. The van der Waals surface area contributed by atoms with Crippen LogP contribution in [0.4, 0.5) is 5.82 Å². The first kappa shape index (κ1) is 12.0. The zero-order chi connectivity index (χ0) is 13.4. The van der Waals surface area contributed by atoms with Gasteiger partial charge in [0.25, 0.3) is 0 Å². The number of carbonyl (C=O) groups is 1. The minimum Gasteiger partial charge on any atom is -0.469 e. The van der Waals surface area contributed by atoms with E-state index in [1.54, 1.807) is 6.26 Å². The quantitative estimate of drug-likeness (QED) is 0.687. The van der Waals surface area contributed by atoms with Gasteiger partial charge in [0.1, 0.15) is 11.5 Å². The van der Waals surface area contributed by atoms with Crippen molar-refractivity contribution in [1.82, 2.24) is 9.38 Å². The number of aldehydes is 1. The lowest BCUT2D eigenvalue weighted by Crippen LogP contribution is -2.18. The van der Waals surface area contributed by atoms with Gasteiger partial charge in [-0.3, -0.25) is 9.20 Å². The van der Waals surface area contributed by atoms with Gasteiger partial charge in [-0.2, -0.15) is 0 Å². The lowest BCUT2D eigenvalue weighted by Gasteiger charge is -2.16. The van der Waals surface area contributed by atoms with Crippen molar-refractivity contribution < 1.29 is 9.21 Å². The Morgan fingerprint density at radius 1 is 1.58 bits per heavy atom. The number of thiazole rings is 1. The summed E-state index contributed by atoms with van der Waals surface area (Å²) in [4.78, 5) is 18.6. The number of furan rings is 1. The maximum Gasteiger partial charge on any atom is 0.196 e. The van der Waals surface area contributed by atoms with Crippen LogP contribution in [0.5, 0.6) is 0 Å². The minimum absolute atomic E-state index is 0.583. The lowest BCUT2D eigenvalue weighted by molar-refractivity contribution is 0.111. The molecule has 3 aromatic heterocycles. The molecular formula is C13H13N3O2S. The van der Waals surface area contributed by atoms with Crippen LogP contribution in [0.15, 0.2) is 28.3 Å². The van der Waals surface area contributed by atoms with E-state index in [9.17, 15) is 4.79 Å². The number of aryl methyl sites for hydroxylation is 1. The van der Waals surface area contributed by atoms with Gasteiger partial charge in [-0.15, -0.1) is 11.3 Å². The van der Waals surface area contributed by atoms with E-state index in [4.69, 9.17) is 4.42 Å². The van der Waals surface area contributed by atoms with Gasteiger partial charge in [-0.25, -0.2) is 4.98 Å². The van der Waals surface area contributed by atoms with E-state index in [1.807, 2.05) is 40.9 Å². The van der Waals surface area contributed by atoms with Crippen LogP contribution >= 0.6 is 11.3 Å². The molecule has 19 heavy (non-hydrogen) atoms. The van der Waals surface area contributed by atoms with Gasteiger partial charge in [0.05, 0.1) is 6.26 Å². The Hall–Kier alpha value is -2.08. The van der Waals surface area contributed by atoms with Crippen molar-refractivity contribution in [3.8, 4) is 0 Å². The summed E-state index contributed by atoms with van der Waals surface area (Å²) in [5.41, 5.74) is 1.68. The first-order valence-electron chi connectivity index (χ1n) is 5.85. The van der Waals surface area contributed by atoms with Crippen LogP contribution < -0.4 is 4.90 Å². The van der Waals surface area contributed by atoms with Crippen LogP contribution in [0.1, 0.15) is 21.8 Å². The summed E-state index contributed by atoms with van der Waals surface area (Å²) < 4.78 is 7.09. The maximum atomic E-state index is 11.3. The summed E-state index contributed by atoms with van der Waals surface area (Å²) in [6.45, 7) is 2.59. The summed E-state index contributed by atoms with van der Waals surface area (Å²) in [5.74, 6) is 1.59. The van der Waals surface area contributed by atoms with E-state index >= 15 is 0 Å². The highest BCUT2D eigenvalue weighted by Gasteiger charge is 2.17. The molecule has 0 aliphatic rings. The second-order valence-electron chi connectivity index (χ2n) is 4.35. The van der Waals surface area contributed by atoms with Gasteiger partial charge in [0, 0.05) is 30.7 Å². The Balaban J connectivity index is 1.97. The Morgan fingerprint density at radius 3 is 3.11 bits per heavy atom. The Labute approximate surface area is 114 Å². The predicted molar refractivity (Wildman–Crippen MR) is 74.0 cm³/mol. The number of imidazole rings is 1. The summed E-state index contributed by atoms with van der Waals surface area (Å²) in [7, 11) is 1.92. The average molecular weight is 275 g/mol. The average Bonchev–Trinajstić information content (AvgIpc) is 3.05. The monoisotopic (exact) mass is 275 g/mol. The molecule has 0 saturated heterocycles. The number of anilines is 1. The van der Waals surface area contributed by atoms with Gasteiger partial charge in [-0.05, 0) is 13.0 Å². The Bertz CT molecular complexity index is 725. The molecule has 0 spiro atoms. The number of nitrogens with zero attached hydrogens (tertiary/aromatic N) is 3. The standard InChI is InChI=1S/C13H13N3O2S/c1-9-10(3-5-18-9)7-15(2)12-11(8-17)16-4-6-19-13(16)14-12/h3-6,8H,7H2,1-2H3. The Morgan fingerprint density at radius 2 is 2.42 bits per heavy atom. The van der Waals surface area contributed by atoms with Gasteiger partial charge in [0.2, 0.25) is 0 Å². The summed E-state index contributed by atoms with van der Waals surface area (Å²) >= 11 is 1.51. The number of hydrogen-bond acceptors (Lipinski definition) is 5. The fourth-order valence-electron chi connectivity index (χ4n) is 2.09. The molecule has 3 aromatic rings. The van der Waals surface area contributed by atoms with Crippen LogP contribution in [-0.4, -0.2) is 22.7 Å². The van der Waals surface area contributed by atoms with E-state index in [0.717, 1.165) is 22.6 Å². The lowest BCUT2D eigenvalue weighted by atomic mass is 10.2. The molecule has 0 aromatic carbocycles. The molecule has 98 valence electrons. The zero-order valence-corrected chi connectivity index (χ0v) is 11.5. The molecule has 3 rings (SSSR count). The fraction of sp³-hybridized carbons (Fsp3) is 0.231. The van der Waals surface area contributed by atoms with Crippen LogP contribution in [0, 0.1) is 6.92 Å². The molecule has 3 heterocycles. The van der Waals surface area contributed by atoms with Crippen molar-refractivity contribution in [2.24, 2.45) is 0 Å². The van der Waals surface area contributed by atoms with Crippen molar-refractivity contribution in [3.05, 3.63) is 40.9 Å². The molecule has 0 fully saturated rings. The summed E-state index contributed by atoms with van der Waals surface area (Å²) in [5, 5.41) is 1.92. The number of fused-ring (bicyclic) bond motifs is 1. The van der Waals surface area contributed by atoms with E-state index in [-0.39, 0.29) is 0 Å². The Kier molecular flexibility index (Phi) is 2.87. The third-order valence-corrected chi connectivity index (χ3v) is 3.88. The van der Waals surface area contributed by atoms with Crippen molar-refractivity contribution >= 4 is 28.4 Å². The van der Waals surface area contributed by atoms with Crippen molar-refractivity contribution in [3.63, 3.8) is 0 Å². The topological polar surface area (TPSA) is 50.8 Å². The first-order valence-corrected chi connectivity index (χ1v) is 6.73. The molecule has 0 N–H and O–H groups in total. The smallest absolute Gasteiger partial charge is 0.196 e. The number of carbonyl (C=O) groups excluding carboxylic acids is 1. The predicted octanol–water partition coefficient (Wildman–Crippen LogP) is 2.75. The molecule has 6 heteroatoms. The highest BCUT2D eigenvalue weighted by molar-refractivity contribution is 7.15. The highest BCUT2D eigenvalue weighted by Crippen LogP contribution is 2.24. The van der Waals surface area contributed by atoms with Crippen molar-refractivity contribution in [1.29, 1.82) is 0 Å². The molecule has 5 nitrogen and oxygen atoms in total. The third-order valence-electron chi connectivity index (χ3n) is 3.13. The minimum atomic E-state index is 0.583. The normalized spacial score (nSPS) is 11.1. The van der Waals surface area contributed by atoms with Crippen LogP contribution in [0.25, 0.3) is 4.96 Å². The first-order chi connectivity index (χ1) is 9.20. The molecule has 0 saturated carbocycles. The van der Waals surface area contributed by atoms with Gasteiger partial charge >= 0.3 is 0 Å². The molecule has 0 radical (unpaired) electrons. The molecule has 0 aliphatic carbocycles. The largest absolute Gasteiger partial charge is 0.469 e. The SMILES string of the molecule is Cc1occc1CN(C)c1nc2sccn2c1C=O. The molecule has 0 atom stereocenters. The number of aromatic nitrogens is 2. The van der Waals surface area contributed by atoms with Crippen molar-refractivity contribution in [2.75, 3.05) is 11.9 Å². The molecule has 0 aliphatic heterocycles. The molecule has 0 amide bonds. The highest BCUT2D eigenvalue weighted by atomic mass is 32.1. The van der Waals surface area contributed by atoms with Gasteiger partial charge < -0.3 is 9.32 Å². The summed E-state index contributed by atoms with van der Waals surface area (Å²) in [6, 6.07) is 1.94. The second-order valence-corrected chi connectivity index (χ2v) is 5.23. The van der Waals surface area contributed by atoms with Gasteiger partial charge in [0.15, 0.2) is 17.1 Å². The van der Waals surface area contributed by atoms with Crippen LogP contribution in [0.2, 0.25) is 0 Å². The van der Waals surface area contributed by atoms with E-state index < -0.39 is 0 Å².